The standard InChI is InChI=1S/C26H26FN5O3/c1-16-11-23(32(30-16)20-8-6-7-19(14-20)28-5)24(33)29-22-13-17-9-10-31(15-18(17)12-21(22)27)25(34)35-26(2,3)4/h6-8,11-14H,9-10,15H2,1-4H3,(H,29,33). The summed E-state index contributed by atoms with van der Waals surface area (Å²) in [4.78, 5) is 30.5. The van der Waals surface area contributed by atoms with E-state index >= 15 is 0 Å². The van der Waals surface area contributed by atoms with Crippen LogP contribution in [0.5, 0.6) is 0 Å². The largest absolute Gasteiger partial charge is 0.444 e. The monoisotopic (exact) mass is 475 g/mol. The van der Waals surface area contributed by atoms with Crippen molar-refractivity contribution in [3.05, 3.63) is 82.2 Å². The number of aryl methyl sites for hydroxylation is 1. The molecule has 1 aromatic heterocycles. The molecule has 0 saturated carbocycles. The van der Waals surface area contributed by atoms with E-state index in [-0.39, 0.29) is 17.9 Å². The number of carbonyl (C=O) groups is 2. The molecule has 9 heteroatoms. The maximum atomic E-state index is 15.0. The van der Waals surface area contributed by atoms with Crippen molar-refractivity contribution < 1.29 is 18.7 Å². The number of carbonyl (C=O) groups excluding carboxylic acids is 2. The molecule has 35 heavy (non-hydrogen) atoms. The molecular formula is C26H26FN5O3. The molecule has 1 aliphatic heterocycles. The first-order chi connectivity index (χ1) is 16.5. The quantitative estimate of drug-likeness (QED) is 0.513. The molecule has 180 valence electrons. The Bertz CT molecular complexity index is 1350. The highest BCUT2D eigenvalue weighted by molar-refractivity contribution is 6.03. The molecule has 0 atom stereocenters. The first kappa shape index (κ1) is 24.0. The number of amides is 2. The van der Waals surface area contributed by atoms with Crippen molar-refractivity contribution in [2.75, 3.05) is 11.9 Å². The van der Waals surface area contributed by atoms with Crippen LogP contribution in [0.15, 0.2) is 42.5 Å². The van der Waals surface area contributed by atoms with E-state index in [2.05, 4.69) is 15.3 Å². The molecule has 1 aliphatic rings. The molecule has 4 rings (SSSR count). The zero-order valence-electron chi connectivity index (χ0n) is 20.1. The van der Waals surface area contributed by atoms with Gasteiger partial charge in [-0.1, -0.05) is 12.1 Å². The smallest absolute Gasteiger partial charge is 0.410 e. The van der Waals surface area contributed by atoms with Crippen LogP contribution >= 0.6 is 0 Å². The average molecular weight is 476 g/mol. The Morgan fingerprint density at radius 1 is 1.17 bits per heavy atom. The molecule has 0 fully saturated rings. The number of benzene rings is 2. The van der Waals surface area contributed by atoms with Crippen molar-refractivity contribution in [1.82, 2.24) is 14.7 Å². The Hall–Kier alpha value is -4.19. The van der Waals surface area contributed by atoms with Gasteiger partial charge in [-0.2, -0.15) is 5.10 Å². The van der Waals surface area contributed by atoms with Gasteiger partial charge in [0.2, 0.25) is 0 Å². The van der Waals surface area contributed by atoms with Crippen molar-refractivity contribution in [2.24, 2.45) is 0 Å². The summed E-state index contributed by atoms with van der Waals surface area (Å²) >= 11 is 0. The summed E-state index contributed by atoms with van der Waals surface area (Å²) in [5.41, 5.74) is 2.78. The summed E-state index contributed by atoms with van der Waals surface area (Å²) in [5.74, 6) is -1.12. The van der Waals surface area contributed by atoms with Crippen molar-refractivity contribution in [1.29, 1.82) is 0 Å². The van der Waals surface area contributed by atoms with Crippen LogP contribution < -0.4 is 5.32 Å². The number of anilines is 1. The number of fused-ring (bicyclic) bond motifs is 1. The molecule has 2 amide bonds. The van der Waals surface area contributed by atoms with Crippen LogP contribution in [0, 0.1) is 19.3 Å². The molecular weight excluding hydrogens is 449 g/mol. The molecule has 0 saturated heterocycles. The van der Waals surface area contributed by atoms with Gasteiger partial charge in [0, 0.05) is 13.1 Å². The predicted molar refractivity (Wildman–Crippen MR) is 129 cm³/mol. The highest BCUT2D eigenvalue weighted by Crippen LogP contribution is 2.27. The van der Waals surface area contributed by atoms with E-state index in [0.29, 0.717) is 35.6 Å². The van der Waals surface area contributed by atoms with Crippen LogP contribution in [0.3, 0.4) is 0 Å². The Labute approximate surface area is 203 Å². The topological polar surface area (TPSA) is 80.8 Å². The number of nitrogens with one attached hydrogen (secondary N) is 1. The van der Waals surface area contributed by atoms with E-state index in [0.717, 1.165) is 5.56 Å². The summed E-state index contributed by atoms with van der Waals surface area (Å²) in [5, 5.41) is 7.02. The molecule has 8 nitrogen and oxygen atoms in total. The number of rotatable bonds is 3. The summed E-state index contributed by atoms with van der Waals surface area (Å²) in [6, 6.07) is 11.3. The lowest BCUT2D eigenvalue weighted by Crippen LogP contribution is -2.40. The minimum absolute atomic E-state index is 0.0554. The van der Waals surface area contributed by atoms with E-state index in [1.165, 1.54) is 10.7 Å². The normalized spacial score (nSPS) is 13.1. The van der Waals surface area contributed by atoms with E-state index in [1.54, 1.807) is 69.0 Å². The third kappa shape index (κ3) is 5.32. The van der Waals surface area contributed by atoms with Crippen molar-refractivity contribution in [2.45, 2.75) is 46.3 Å². The van der Waals surface area contributed by atoms with Crippen LogP contribution in [0.25, 0.3) is 10.5 Å². The van der Waals surface area contributed by atoms with Gasteiger partial charge in [0.25, 0.3) is 5.91 Å². The molecule has 2 aromatic carbocycles. The summed E-state index contributed by atoms with van der Waals surface area (Å²) in [6.07, 6.45) is 0.0740. The van der Waals surface area contributed by atoms with Crippen molar-refractivity contribution >= 4 is 23.4 Å². The van der Waals surface area contributed by atoms with Crippen LogP contribution in [0.4, 0.5) is 20.6 Å². The van der Waals surface area contributed by atoms with Gasteiger partial charge in [0.05, 0.1) is 23.6 Å². The SMILES string of the molecule is [C-]#[N+]c1cccc(-n2nc(C)cc2C(=O)Nc2cc3c(cc2F)CN(C(=O)OC(C)(C)C)CC3)c1. The Morgan fingerprint density at radius 3 is 2.66 bits per heavy atom. The maximum Gasteiger partial charge on any atom is 0.410 e. The lowest BCUT2D eigenvalue weighted by Gasteiger charge is -2.31. The fraction of sp³-hybridized carbons (Fsp3) is 0.308. The Balaban J connectivity index is 1.55. The van der Waals surface area contributed by atoms with E-state index < -0.39 is 23.4 Å². The average Bonchev–Trinajstić information content (AvgIpc) is 3.20. The van der Waals surface area contributed by atoms with E-state index in [9.17, 15) is 14.0 Å². The maximum absolute atomic E-state index is 15.0. The third-order valence-electron chi connectivity index (χ3n) is 5.47. The first-order valence-electron chi connectivity index (χ1n) is 11.2. The molecule has 0 radical (unpaired) electrons. The molecule has 0 unspecified atom stereocenters. The van der Waals surface area contributed by atoms with Crippen molar-refractivity contribution in [3.8, 4) is 5.69 Å². The number of hydrogen-bond acceptors (Lipinski definition) is 4. The zero-order valence-corrected chi connectivity index (χ0v) is 20.1. The number of halogens is 1. The van der Waals surface area contributed by atoms with Crippen LogP contribution in [-0.4, -0.2) is 38.8 Å². The van der Waals surface area contributed by atoms with Gasteiger partial charge in [-0.05, 0) is 75.6 Å². The third-order valence-corrected chi connectivity index (χ3v) is 5.47. The number of nitrogens with zero attached hydrogens (tertiary/aromatic N) is 4. The van der Waals surface area contributed by atoms with Gasteiger partial charge in [0.15, 0.2) is 5.69 Å². The van der Waals surface area contributed by atoms with Crippen LogP contribution in [0.1, 0.15) is 48.1 Å². The van der Waals surface area contributed by atoms with Crippen LogP contribution in [-0.2, 0) is 17.7 Å². The highest BCUT2D eigenvalue weighted by Gasteiger charge is 2.27. The van der Waals surface area contributed by atoms with Crippen molar-refractivity contribution in [3.63, 3.8) is 0 Å². The van der Waals surface area contributed by atoms with E-state index in [1.807, 2.05) is 0 Å². The molecule has 1 N–H and O–H groups in total. The minimum atomic E-state index is -0.612. The molecule has 2 heterocycles. The number of ether oxygens (including phenoxy) is 1. The van der Waals surface area contributed by atoms with Gasteiger partial charge >= 0.3 is 6.09 Å². The Kier molecular flexibility index (Phi) is 6.31. The number of aromatic nitrogens is 2. The molecule has 0 aliphatic carbocycles. The summed E-state index contributed by atoms with van der Waals surface area (Å²) in [7, 11) is 0. The van der Waals surface area contributed by atoms with E-state index in [4.69, 9.17) is 11.3 Å². The fourth-order valence-electron chi connectivity index (χ4n) is 3.90. The second-order valence-corrected chi connectivity index (χ2v) is 9.42. The molecule has 0 bridgehead atoms. The summed E-state index contributed by atoms with van der Waals surface area (Å²) < 4.78 is 21.8. The fourth-order valence-corrected chi connectivity index (χ4v) is 3.90. The lowest BCUT2D eigenvalue weighted by molar-refractivity contribution is 0.0223. The zero-order chi connectivity index (χ0) is 25.3. The van der Waals surface area contributed by atoms with Gasteiger partial charge in [-0.15, -0.1) is 0 Å². The Morgan fingerprint density at radius 2 is 1.94 bits per heavy atom. The number of hydrogen-bond donors (Lipinski definition) is 1. The predicted octanol–water partition coefficient (Wildman–Crippen LogP) is 5.42. The van der Waals surface area contributed by atoms with Gasteiger partial charge in [-0.25, -0.2) is 18.7 Å². The molecule has 0 spiro atoms. The summed E-state index contributed by atoms with van der Waals surface area (Å²) in [6.45, 7) is 15.0. The first-order valence-corrected chi connectivity index (χ1v) is 11.2. The van der Waals surface area contributed by atoms with Gasteiger partial charge in [-0.3, -0.25) is 4.79 Å². The highest BCUT2D eigenvalue weighted by atomic mass is 19.1. The lowest BCUT2D eigenvalue weighted by atomic mass is 9.99. The second-order valence-electron chi connectivity index (χ2n) is 9.42. The van der Waals surface area contributed by atoms with Gasteiger partial charge in [0.1, 0.15) is 17.1 Å². The second kappa shape index (κ2) is 9.22. The van der Waals surface area contributed by atoms with Gasteiger partial charge < -0.3 is 15.0 Å². The minimum Gasteiger partial charge on any atom is -0.444 e. The molecule has 3 aromatic rings. The van der Waals surface area contributed by atoms with Crippen LogP contribution in [0.2, 0.25) is 0 Å².